The van der Waals surface area contributed by atoms with Gasteiger partial charge in [0, 0.05) is 17.8 Å². The first-order valence-electron chi connectivity index (χ1n) is 16.6. The van der Waals surface area contributed by atoms with Gasteiger partial charge in [-0.3, -0.25) is 18.9 Å². The number of nitrogens with one attached hydrogen (secondary N) is 2. The molecule has 0 saturated carbocycles. The number of benzene rings is 2. The number of amides is 2. The number of aromatic nitrogens is 3. The van der Waals surface area contributed by atoms with Gasteiger partial charge in [0.25, 0.3) is 0 Å². The highest BCUT2D eigenvalue weighted by Gasteiger charge is 2.39. The number of anilines is 2. The lowest BCUT2D eigenvalue weighted by Crippen LogP contribution is -2.37. The van der Waals surface area contributed by atoms with E-state index in [1.165, 1.54) is 17.7 Å². The summed E-state index contributed by atoms with van der Waals surface area (Å²) in [5, 5.41) is 13.5. The van der Waals surface area contributed by atoms with Gasteiger partial charge >= 0.3 is 12.1 Å². The molecule has 49 heavy (non-hydrogen) atoms. The summed E-state index contributed by atoms with van der Waals surface area (Å²) in [6.07, 6.45) is 0.176. The monoisotopic (exact) mass is 678 g/mol. The maximum Gasteiger partial charge on any atom is 0.471 e. The molecule has 2 amide bonds. The normalized spacial score (nSPS) is 16.8. The molecule has 0 bridgehead atoms. The quantitative estimate of drug-likeness (QED) is 0.176. The van der Waals surface area contributed by atoms with Crippen molar-refractivity contribution in [2.45, 2.75) is 95.9 Å². The van der Waals surface area contributed by atoms with Gasteiger partial charge in [0.2, 0.25) is 5.91 Å². The molecule has 0 spiro atoms. The highest BCUT2D eigenvalue weighted by Crippen LogP contribution is 2.42. The number of pyridine rings is 1. The van der Waals surface area contributed by atoms with Gasteiger partial charge in [-0.15, -0.1) is 10.2 Å². The minimum Gasteiger partial charge on any atom is -0.484 e. The van der Waals surface area contributed by atoms with E-state index in [9.17, 15) is 22.8 Å². The molecule has 1 aliphatic carbocycles. The van der Waals surface area contributed by atoms with Crippen LogP contribution in [0.4, 0.5) is 24.5 Å². The van der Waals surface area contributed by atoms with Gasteiger partial charge in [-0.2, -0.15) is 13.2 Å². The molecule has 5 rings (SSSR count). The average Bonchev–Trinajstić information content (AvgIpc) is 3.45. The maximum atomic E-state index is 13.0. The number of carbonyl (C=O) groups excluding carboxylic acids is 2. The van der Waals surface area contributed by atoms with Crippen LogP contribution in [-0.2, 0) is 20.5 Å². The van der Waals surface area contributed by atoms with Crippen molar-refractivity contribution in [3.8, 4) is 5.75 Å². The van der Waals surface area contributed by atoms with E-state index in [1.54, 1.807) is 6.07 Å². The number of carbonyl (C=O) groups is 2. The molecule has 4 aromatic rings. The highest BCUT2D eigenvalue weighted by atomic mass is 19.4. The summed E-state index contributed by atoms with van der Waals surface area (Å²) >= 11 is 0. The molecular weight excluding hydrogens is 633 g/mol. The number of hydrogen-bond donors (Lipinski definition) is 2. The Bertz CT molecular complexity index is 1830. The number of hydrogen-bond acceptors (Lipinski definition) is 6. The van der Waals surface area contributed by atoms with Crippen LogP contribution in [0, 0.1) is 0 Å². The van der Waals surface area contributed by atoms with E-state index in [2.05, 4.69) is 46.4 Å². The fourth-order valence-electron chi connectivity index (χ4n) is 6.12. The summed E-state index contributed by atoms with van der Waals surface area (Å²) in [7, 11) is 4.02. The number of alkyl halides is 3. The van der Waals surface area contributed by atoms with Gasteiger partial charge in [0.1, 0.15) is 11.9 Å². The molecule has 2 aromatic heterocycles. The molecular formula is C37H45F3N6O3. The Kier molecular flexibility index (Phi) is 10.1. The average molecular weight is 679 g/mol. The summed E-state index contributed by atoms with van der Waals surface area (Å²) in [5.41, 5.74) is 3.31. The Balaban J connectivity index is 1.23. The smallest absolute Gasteiger partial charge is 0.471 e. The Labute approximate surface area is 285 Å². The minimum atomic E-state index is -5.02. The van der Waals surface area contributed by atoms with Crippen molar-refractivity contribution in [2.75, 3.05) is 24.7 Å². The second-order valence-electron chi connectivity index (χ2n) is 14.5. The third-order valence-electron chi connectivity index (χ3n) is 9.43. The zero-order chi connectivity index (χ0) is 35.7. The molecule has 2 aromatic carbocycles. The van der Waals surface area contributed by atoms with Crippen molar-refractivity contribution in [2.24, 2.45) is 0 Å². The predicted octanol–water partition coefficient (Wildman–Crippen LogP) is 8.13. The van der Waals surface area contributed by atoms with Crippen LogP contribution >= 0.6 is 0 Å². The SMILES string of the molecule is CN(C)C(C)(C)c1nnc2ccc(O[C@@H]3CC[C@H](CCCC(=O)Nc4cc(NC(=O)C(F)(F)F)cc(C(C)(C)C)c4)c4ccccc43)cn12. The van der Waals surface area contributed by atoms with Gasteiger partial charge < -0.3 is 15.4 Å². The number of halogens is 3. The van der Waals surface area contributed by atoms with Crippen LogP contribution in [0.15, 0.2) is 60.8 Å². The fourth-order valence-corrected chi connectivity index (χ4v) is 6.12. The molecule has 0 fully saturated rings. The molecule has 12 heteroatoms. The Morgan fingerprint density at radius 3 is 2.24 bits per heavy atom. The van der Waals surface area contributed by atoms with Crippen molar-refractivity contribution < 1.29 is 27.5 Å². The third-order valence-corrected chi connectivity index (χ3v) is 9.43. The van der Waals surface area contributed by atoms with Crippen LogP contribution in [0.25, 0.3) is 5.65 Å². The van der Waals surface area contributed by atoms with E-state index < -0.39 is 17.5 Å². The van der Waals surface area contributed by atoms with E-state index >= 15 is 0 Å². The first-order valence-corrected chi connectivity index (χ1v) is 16.6. The summed E-state index contributed by atoms with van der Waals surface area (Å²) in [6.45, 7) is 9.90. The zero-order valence-electron chi connectivity index (χ0n) is 29.1. The van der Waals surface area contributed by atoms with Gasteiger partial charge in [0.15, 0.2) is 11.5 Å². The number of rotatable bonds is 10. The lowest BCUT2D eigenvalue weighted by Gasteiger charge is -2.32. The summed E-state index contributed by atoms with van der Waals surface area (Å²) in [4.78, 5) is 26.7. The van der Waals surface area contributed by atoms with E-state index in [0.717, 1.165) is 42.0 Å². The summed E-state index contributed by atoms with van der Waals surface area (Å²) < 4.78 is 47.3. The van der Waals surface area contributed by atoms with E-state index in [0.29, 0.717) is 17.7 Å². The highest BCUT2D eigenvalue weighted by molar-refractivity contribution is 5.96. The molecule has 262 valence electrons. The standard InChI is InChI=1S/C37H45F3N6O3/c1-35(2,3)24-19-25(21-26(20-24)42-34(48)37(38,39)40)41-32(47)14-10-11-23-15-17-30(29-13-9-8-12-28(23)29)49-27-16-18-31-43-44-33(46(31)22-27)36(4,5)45(6)7/h8-9,12-13,16,18-23,30H,10-11,14-15,17H2,1-7H3,(H,41,47)(H,42,48)/t23-,30+/m0/s1. The maximum absolute atomic E-state index is 13.0. The van der Waals surface area contributed by atoms with Gasteiger partial charge in [0.05, 0.1) is 11.7 Å². The summed E-state index contributed by atoms with van der Waals surface area (Å²) in [6, 6.07) is 16.7. The molecule has 0 unspecified atom stereocenters. The third kappa shape index (κ3) is 8.24. The van der Waals surface area contributed by atoms with Crippen LogP contribution < -0.4 is 15.4 Å². The van der Waals surface area contributed by atoms with Crippen LogP contribution in [0.2, 0.25) is 0 Å². The predicted molar refractivity (Wildman–Crippen MR) is 184 cm³/mol. The number of fused-ring (bicyclic) bond motifs is 2. The van der Waals surface area contributed by atoms with Crippen molar-refractivity contribution in [1.29, 1.82) is 0 Å². The van der Waals surface area contributed by atoms with Gasteiger partial charge in [-0.1, -0.05) is 45.0 Å². The Hall–Kier alpha value is -4.45. The van der Waals surface area contributed by atoms with E-state index in [-0.39, 0.29) is 35.6 Å². The van der Waals surface area contributed by atoms with E-state index in [1.807, 2.05) is 75.0 Å². The van der Waals surface area contributed by atoms with Crippen LogP contribution in [0.1, 0.15) is 101 Å². The largest absolute Gasteiger partial charge is 0.484 e. The number of nitrogens with zero attached hydrogens (tertiary/aromatic N) is 4. The first kappa shape index (κ1) is 35.8. The van der Waals surface area contributed by atoms with Crippen molar-refractivity contribution in [3.63, 3.8) is 0 Å². The molecule has 0 saturated heterocycles. The molecule has 2 N–H and O–H groups in total. The van der Waals surface area contributed by atoms with Crippen molar-refractivity contribution >= 4 is 28.8 Å². The lowest BCUT2D eigenvalue weighted by atomic mass is 9.79. The molecule has 0 aliphatic heterocycles. The second-order valence-corrected chi connectivity index (χ2v) is 14.5. The van der Waals surface area contributed by atoms with Crippen molar-refractivity contribution in [1.82, 2.24) is 19.5 Å². The first-order chi connectivity index (χ1) is 22.9. The second kappa shape index (κ2) is 13.8. The number of ether oxygens (including phenoxy) is 1. The molecule has 1 aliphatic rings. The topological polar surface area (TPSA) is 101 Å². The Morgan fingerprint density at radius 2 is 1.59 bits per heavy atom. The van der Waals surface area contributed by atoms with Crippen LogP contribution in [0.3, 0.4) is 0 Å². The van der Waals surface area contributed by atoms with Gasteiger partial charge in [-0.25, -0.2) is 0 Å². The zero-order valence-corrected chi connectivity index (χ0v) is 29.1. The fraction of sp³-hybridized carbons (Fsp3) is 0.459. The lowest BCUT2D eigenvalue weighted by molar-refractivity contribution is -0.167. The minimum absolute atomic E-state index is 0.0277. The molecule has 0 radical (unpaired) electrons. The van der Waals surface area contributed by atoms with E-state index in [4.69, 9.17) is 4.74 Å². The van der Waals surface area contributed by atoms with Crippen LogP contribution in [-0.4, -0.2) is 51.6 Å². The molecule has 2 atom stereocenters. The van der Waals surface area contributed by atoms with Crippen LogP contribution in [0.5, 0.6) is 5.75 Å². The Morgan fingerprint density at radius 1 is 0.918 bits per heavy atom. The molecule has 9 nitrogen and oxygen atoms in total. The van der Waals surface area contributed by atoms with Crippen molar-refractivity contribution in [3.05, 3.63) is 83.3 Å². The summed E-state index contributed by atoms with van der Waals surface area (Å²) in [5.74, 6) is -0.502. The molecule has 2 heterocycles. The van der Waals surface area contributed by atoms with Gasteiger partial charge in [-0.05, 0) is 112 Å².